The van der Waals surface area contributed by atoms with Crippen molar-refractivity contribution in [2.24, 2.45) is 5.92 Å². The fraction of sp³-hybridized carbons (Fsp3) is 0.818. The van der Waals surface area contributed by atoms with Crippen LogP contribution in [0.1, 0.15) is 51.4 Å². The van der Waals surface area contributed by atoms with Gasteiger partial charge in [0.05, 0.1) is 0 Å². The summed E-state index contributed by atoms with van der Waals surface area (Å²) in [6, 6.07) is 0. The van der Waals surface area contributed by atoms with E-state index in [1.165, 1.54) is 44.9 Å². The van der Waals surface area contributed by atoms with Crippen molar-refractivity contribution in [2.45, 2.75) is 51.4 Å². The smallest absolute Gasteiger partial charge is 0.0355 e. The minimum absolute atomic E-state index is 0.972. The SMILES string of the molecule is [CH2]CCCCCC1[CH]CCC1. The van der Waals surface area contributed by atoms with Crippen LogP contribution in [0.3, 0.4) is 0 Å². The summed E-state index contributed by atoms with van der Waals surface area (Å²) in [4.78, 5) is 0. The largest absolute Gasteiger partial charge is 0.0533 e. The predicted molar refractivity (Wildman–Crippen MR) is 50.1 cm³/mol. The zero-order valence-electron chi connectivity index (χ0n) is 7.52. The topological polar surface area (TPSA) is 0 Å². The molecule has 0 N–H and O–H groups in total. The van der Waals surface area contributed by atoms with E-state index >= 15 is 0 Å². The van der Waals surface area contributed by atoms with Crippen LogP contribution in [0.4, 0.5) is 0 Å². The highest BCUT2D eigenvalue weighted by Gasteiger charge is 2.13. The molecule has 1 aliphatic carbocycles. The van der Waals surface area contributed by atoms with Gasteiger partial charge in [-0.25, -0.2) is 0 Å². The van der Waals surface area contributed by atoms with Crippen LogP contribution >= 0.6 is 0 Å². The first kappa shape index (κ1) is 9.09. The van der Waals surface area contributed by atoms with Crippen LogP contribution in [0.25, 0.3) is 0 Å². The molecule has 0 spiro atoms. The Kier molecular flexibility index (Phi) is 4.65. The van der Waals surface area contributed by atoms with E-state index in [-0.39, 0.29) is 0 Å². The Morgan fingerprint density at radius 3 is 2.82 bits per heavy atom. The Hall–Kier alpha value is 0. The Morgan fingerprint density at radius 2 is 2.18 bits per heavy atom. The number of hydrogen-bond acceptors (Lipinski definition) is 0. The van der Waals surface area contributed by atoms with Crippen molar-refractivity contribution < 1.29 is 0 Å². The van der Waals surface area contributed by atoms with Crippen LogP contribution in [0.2, 0.25) is 0 Å². The Bertz CT molecular complexity index is 80.0. The van der Waals surface area contributed by atoms with Crippen molar-refractivity contribution in [3.8, 4) is 0 Å². The first-order chi connectivity index (χ1) is 5.43. The maximum Gasteiger partial charge on any atom is -0.0355 e. The molecule has 1 unspecified atom stereocenters. The van der Waals surface area contributed by atoms with Gasteiger partial charge in [-0.05, 0) is 18.8 Å². The van der Waals surface area contributed by atoms with Crippen molar-refractivity contribution in [1.29, 1.82) is 0 Å². The minimum Gasteiger partial charge on any atom is -0.0533 e. The molecular formula is C11H20. The highest BCUT2D eigenvalue weighted by Crippen LogP contribution is 2.28. The third-order valence-corrected chi connectivity index (χ3v) is 2.60. The highest BCUT2D eigenvalue weighted by molar-refractivity contribution is 4.82. The summed E-state index contributed by atoms with van der Waals surface area (Å²) in [6.45, 7) is 3.85. The summed E-state index contributed by atoms with van der Waals surface area (Å²) in [6.07, 6.45) is 13.5. The molecular weight excluding hydrogens is 132 g/mol. The molecule has 0 amide bonds. The molecule has 0 aliphatic heterocycles. The lowest BCUT2D eigenvalue weighted by Gasteiger charge is -2.06. The van der Waals surface area contributed by atoms with Gasteiger partial charge >= 0.3 is 0 Å². The van der Waals surface area contributed by atoms with Crippen LogP contribution in [-0.4, -0.2) is 0 Å². The summed E-state index contributed by atoms with van der Waals surface area (Å²) in [5.74, 6) is 0.972. The van der Waals surface area contributed by atoms with E-state index in [0.717, 1.165) is 12.3 Å². The van der Waals surface area contributed by atoms with Crippen molar-refractivity contribution in [3.63, 3.8) is 0 Å². The Labute approximate surface area is 71.4 Å². The van der Waals surface area contributed by atoms with Gasteiger partial charge in [-0.1, -0.05) is 51.9 Å². The molecule has 0 saturated heterocycles. The fourth-order valence-corrected chi connectivity index (χ4v) is 1.87. The Morgan fingerprint density at radius 1 is 1.27 bits per heavy atom. The van der Waals surface area contributed by atoms with Gasteiger partial charge in [0.25, 0.3) is 0 Å². The first-order valence-corrected chi connectivity index (χ1v) is 5.06. The molecule has 1 aliphatic rings. The van der Waals surface area contributed by atoms with Crippen LogP contribution < -0.4 is 0 Å². The van der Waals surface area contributed by atoms with E-state index in [4.69, 9.17) is 0 Å². The minimum atomic E-state index is 0.972. The quantitative estimate of drug-likeness (QED) is 0.526. The summed E-state index contributed by atoms with van der Waals surface area (Å²) >= 11 is 0. The van der Waals surface area contributed by atoms with Gasteiger partial charge in [-0.3, -0.25) is 0 Å². The van der Waals surface area contributed by atoms with Crippen LogP contribution in [0.5, 0.6) is 0 Å². The summed E-state index contributed by atoms with van der Waals surface area (Å²) in [5.41, 5.74) is 0. The van der Waals surface area contributed by atoms with Crippen LogP contribution in [0, 0.1) is 19.3 Å². The molecule has 1 rings (SSSR count). The van der Waals surface area contributed by atoms with Gasteiger partial charge in [-0.2, -0.15) is 0 Å². The molecule has 1 saturated carbocycles. The van der Waals surface area contributed by atoms with E-state index < -0.39 is 0 Å². The molecule has 0 aromatic heterocycles. The van der Waals surface area contributed by atoms with Gasteiger partial charge in [-0.15, -0.1) is 0 Å². The second-order valence-electron chi connectivity index (χ2n) is 3.63. The summed E-state index contributed by atoms with van der Waals surface area (Å²) in [7, 11) is 0. The van der Waals surface area contributed by atoms with E-state index in [1.807, 2.05) is 0 Å². The van der Waals surface area contributed by atoms with Crippen molar-refractivity contribution in [2.75, 3.05) is 0 Å². The first-order valence-electron chi connectivity index (χ1n) is 5.06. The lowest BCUT2D eigenvalue weighted by Crippen LogP contribution is -1.92. The molecule has 64 valence electrons. The van der Waals surface area contributed by atoms with Crippen molar-refractivity contribution in [1.82, 2.24) is 0 Å². The van der Waals surface area contributed by atoms with E-state index in [9.17, 15) is 0 Å². The zero-order valence-corrected chi connectivity index (χ0v) is 7.52. The zero-order chi connectivity index (χ0) is 7.94. The standard InChI is InChI=1S/C11H20/c1-2-3-4-5-8-11-9-6-7-10-11/h9,11H,1-8,10H2. The normalized spacial score (nSPS) is 19.4. The predicted octanol–water partition coefficient (Wildman–Crippen LogP) is 3.78. The molecule has 2 radical (unpaired) electrons. The lowest BCUT2D eigenvalue weighted by atomic mass is 10.00. The van der Waals surface area contributed by atoms with Crippen molar-refractivity contribution >= 4 is 0 Å². The monoisotopic (exact) mass is 152 g/mol. The van der Waals surface area contributed by atoms with E-state index in [2.05, 4.69) is 13.3 Å². The third-order valence-electron chi connectivity index (χ3n) is 2.60. The second-order valence-corrected chi connectivity index (χ2v) is 3.63. The average molecular weight is 152 g/mol. The summed E-state index contributed by atoms with van der Waals surface area (Å²) < 4.78 is 0. The Balaban J connectivity index is 1.86. The molecule has 0 heterocycles. The molecule has 11 heavy (non-hydrogen) atoms. The van der Waals surface area contributed by atoms with E-state index in [1.54, 1.807) is 0 Å². The number of rotatable bonds is 5. The molecule has 0 aromatic rings. The molecule has 0 bridgehead atoms. The molecule has 0 heteroatoms. The second kappa shape index (κ2) is 5.62. The third kappa shape index (κ3) is 3.79. The van der Waals surface area contributed by atoms with E-state index in [0.29, 0.717) is 0 Å². The lowest BCUT2D eigenvalue weighted by molar-refractivity contribution is 0.518. The van der Waals surface area contributed by atoms with Gasteiger partial charge in [0, 0.05) is 0 Å². The number of hydrogen-bond donors (Lipinski definition) is 0. The fourth-order valence-electron chi connectivity index (χ4n) is 1.87. The molecule has 1 fully saturated rings. The van der Waals surface area contributed by atoms with Gasteiger partial charge in [0.2, 0.25) is 0 Å². The van der Waals surface area contributed by atoms with Gasteiger partial charge in [0.1, 0.15) is 0 Å². The summed E-state index contributed by atoms with van der Waals surface area (Å²) in [5, 5.41) is 0. The molecule has 0 aromatic carbocycles. The molecule has 0 nitrogen and oxygen atoms in total. The van der Waals surface area contributed by atoms with Crippen LogP contribution in [-0.2, 0) is 0 Å². The maximum atomic E-state index is 3.85. The van der Waals surface area contributed by atoms with Gasteiger partial charge < -0.3 is 0 Å². The van der Waals surface area contributed by atoms with Crippen molar-refractivity contribution in [3.05, 3.63) is 13.3 Å². The number of unbranched alkanes of at least 4 members (excludes halogenated alkanes) is 3. The molecule has 1 atom stereocenters. The highest BCUT2D eigenvalue weighted by atomic mass is 14.2. The maximum absolute atomic E-state index is 3.85. The van der Waals surface area contributed by atoms with Crippen LogP contribution in [0.15, 0.2) is 0 Å². The average Bonchev–Trinajstić information content (AvgIpc) is 2.50. The van der Waals surface area contributed by atoms with Gasteiger partial charge in [0.15, 0.2) is 0 Å².